The summed E-state index contributed by atoms with van der Waals surface area (Å²) >= 11 is 3.65. The molecule has 2 heterocycles. The first-order valence-electron chi connectivity index (χ1n) is 6.07. The van der Waals surface area contributed by atoms with Crippen LogP contribution in [0.1, 0.15) is 29.9 Å². The lowest BCUT2D eigenvalue weighted by atomic mass is 10.1. The molecule has 1 atom stereocenters. The fourth-order valence-corrected chi connectivity index (χ4v) is 2.87. The van der Waals surface area contributed by atoms with Crippen LogP contribution in [0.3, 0.4) is 0 Å². The molecule has 18 heavy (non-hydrogen) atoms. The zero-order chi connectivity index (χ0) is 13.1. The molecule has 0 radical (unpaired) electrons. The van der Waals surface area contributed by atoms with E-state index < -0.39 is 0 Å². The maximum atomic E-state index is 5.15. The molecule has 5 heteroatoms. The Morgan fingerprint density at radius 1 is 1.56 bits per heavy atom. The average molecular weight is 312 g/mol. The number of halogens is 1. The molecule has 0 aliphatic carbocycles. The molecule has 0 saturated carbocycles. The van der Waals surface area contributed by atoms with Crippen molar-refractivity contribution < 1.29 is 4.42 Å². The van der Waals surface area contributed by atoms with E-state index in [-0.39, 0.29) is 6.04 Å². The van der Waals surface area contributed by atoms with Crippen molar-refractivity contribution in [2.75, 3.05) is 7.05 Å². The van der Waals surface area contributed by atoms with Crippen LogP contribution < -0.4 is 5.32 Å². The van der Waals surface area contributed by atoms with E-state index in [1.54, 1.807) is 12.5 Å². The highest BCUT2D eigenvalue weighted by Gasteiger charge is 2.18. The number of hydrogen-bond acceptors (Lipinski definition) is 3. The molecule has 0 saturated heterocycles. The lowest BCUT2D eigenvalue weighted by molar-refractivity contribution is 0.531. The standard InChI is InChI=1S/C13H18BrN3O/c1-4-10-13(14)12(17(3)16-10)7-11(15-2)9-5-6-18-8-9/h5-6,8,11,15H,4,7H2,1-3H3. The molecule has 98 valence electrons. The number of aromatic nitrogens is 2. The van der Waals surface area contributed by atoms with Crippen LogP contribution in [-0.4, -0.2) is 16.8 Å². The average Bonchev–Trinajstić information content (AvgIpc) is 2.97. The number of nitrogens with zero attached hydrogens (tertiary/aromatic N) is 2. The Kier molecular flexibility index (Phi) is 4.24. The molecule has 0 aliphatic heterocycles. The first-order valence-corrected chi connectivity index (χ1v) is 6.86. The van der Waals surface area contributed by atoms with Crippen molar-refractivity contribution in [3.05, 3.63) is 40.0 Å². The van der Waals surface area contributed by atoms with Gasteiger partial charge in [-0.15, -0.1) is 0 Å². The Hall–Kier alpha value is -1.07. The van der Waals surface area contributed by atoms with E-state index in [4.69, 9.17) is 4.42 Å². The van der Waals surface area contributed by atoms with Crippen LogP contribution in [0.5, 0.6) is 0 Å². The van der Waals surface area contributed by atoms with Crippen LogP contribution >= 0.6 is 15.9 Å². The highest BCUT2D eigenvalue weighted by atomic mass is 79.9. The van der Waals surface area contributed by atoms with Crippen molar-refractivity contribution in [3.63, 3.8) is 0 Å². The highest BCUT2D eigenvalue weighted by Crippen LogP contribution is 2.26. The minimum absolute atomic E-state index is 0.236. The van der Waals surface area contributed by atoms with Crippen molar-refractivity contribution in [3.8, 4) is 0 Å². The van der Waals surface area contributed by atoms with E-state index in [9.17, 15) is 0 Å². The topological polar surface area (TPSA) is 43.0 Å². The second-order valence-corrected chi connectivity index (χ2v) is 5.08. The van der Waals surface area contributed by atoms with Gasteiger partial charge in [-0.3, -0.25) is 4.68 Å². The van der Waals surface area contributed by atoms with E-state index in [1.165, 1.54) is 5.69 Å². The van der Waals surface area contributed by atoms with E-state index in [1.807, 2.05) is 24.8 Å². The first-order chi connectivity index (χ1) is 8.67. The highest BCUT2D eigenvalue weighted by molar-refractivity contribution is 9.10. The summed E-state index contributed by atoms with van der Waals surface area (Å²) in [4.78, 5) is 0. The number of likely N-dealkylation sites (N-methyl/N-ethyl adjacent to an activating group) is 1. The lowest BCUT2D eigenvalue weighted by Crippen LogP contribution is -2.19. The molecule has 2 aromatic heterocycles. The van der Waals surface area contributed by atoms with E-state index in [2.05, 4.69) is 33.3 Å². The quantitative estimate of drug-likeness (QED) is 0.923. The van der Waals surface area contributed by atoms with Crippen LogP contribution in [0.25, 0.3) is 0 Å². The zero-order valence-corrected chi connectivity index (χ0v) is 12.5. The van der Waals surface area contributed by atoms with Crippen LogP contribution in [-0.2, 0) is 19.9 Å². The van der Waals surface area contributed by atoms with Gasteiger partial charge in [-0.25, -0.2) is 0 Å². The Balaban J connectivity index is 2.25. The van der Waals surface area contributed by atoms with E-state index in [0.29, 0.717) is 0 Å². The third-order valence-corrected chi connectivity index (χ3v) is 4.11. The molecular weight excluding hydrogens is 294 g/mol. The lowest BCUT2D eigenvalue weighted by Gasteiger charge is -2.14. The molecule has 0 spiro atoms. The summed E-state index contributed by atoms with van der Waals surface area (Å²) in [7, 11) is 3.95. The largest absolute Gasteiger partial charge is 0.472 e. The van der Waals surface area contributed by atoms with E-state index in [0.717, 1.165) is 28.6 Å². The molecule has 0 fully saturated rings. The molecule has 1 unspecified atom stereocenters. The fraction of sp³-hybridized carbons (Fsp3) is 0.462. The van der Waals surface area contributed by atoms with Gasteiger partial charge in [0.2, 0.25) is 0 Å². The molecule has 0 aromatic carbocycles. The number of nitrogens with one attached hydrogen (secondary N) is 1. The van der Waals surface area contributed by atoms with Crippen LogP contribution in [0, 0.1) is 0 Å². The number of hydrogen-bond donors (Lipinski definition) is 1. The van der Waals surface area contributed by atoms with E-state index >= 15 is 0 Å². The maximum Gasteiger partial charge on any atom is 0.0950 e. The van der Waals surface area contributed by atoms with Gasteiger partial charge in [0.25, 0.3) is 0 Å². The Bertz CT molecular complexity index is 505. The van der Waals surface area contributed by atoms with Gasteiger partial charge in [-0.1, -0.05) is 6.92 Å². The Morgan fingerprint density at radius 3 is 2.83 bits per heavy atom. The molecule has 2 rings (SSSR count). The third-order valence-electron chi connectivity index (χ3n) is 3.19. The van der Waals surface area contributed by atoms with Crippen molar-refractivity contribution in [2.24, 2.45) is 7.05 Å². The number of furan rings is 1. The van der Waals surface area contributed by atoms with Crippen molar-refractivity contribution in [2.45, 2.75) is 25.8 Å². The summed E-state index contributed by atoms with van der Waals surface area (Å²) in [5, 5.41) is 7.83. The summed E-state index contributed by atoms with van der Waals surface area (Å²) in [5.41, 5.74) is 3.46. The first kappa shape index (κ1) is 13.4. The molecule has 2 aromatic rings. The summed E-state index contributed by atoms with van der Waals surface area (Å²) in [6.45, 7) is 2.11. The molecule has 0 aliphatic rings. The van der Waals surface area contributed by atoms with Gasteiger partial charge < -0.3 is 9.73 Å². The van der Waals surface area contributed by atoms with Crippen LogP contribution in [0.2, 0.25) is 0 Å². The number of rotatable bonds is 5. The summed E-state index contributed by atoms with van der Waals surface area (Å²) in [5.74, 6) is 0. The predicted molar refractivity (Wildman–Crippen MR) is 74.5 cm³/mol. The fourth-order valence-electron chi connectivity index (χ4n) is 2.09. The monoisotopic (exact) mass is 311 g/mol. The Labute approximate surface area is 115 Å². The molecule has 0 amide bonds. The zero-order valence-electron chi connectivity index (χ0n) is 10.9. The SMILES string of the molecule is CCc1nn(C)c(CC(NC)c2ccoc2)c1Br. The van der Waals surface area contributed by atoms with Gasteiger partial charge in [0, 0.05) is 25.1 Å². The molecule has 1 N–H and O–H groups in total. The minimum Gasteiger partial charge on any atom is -0.472 e. The predicted octanol–water partition coefficient (Wildman–Crippen LogP) is 2.84. The van der Waals surface area contributed by atoms with Gasteiger partial charge in [-0.05, 0) is 35.5 Å². The van der Waals surface area contributed by atoms with Crippen LogP contribution in [0.15, 0.2) is 27.5 Å². The normalized spacial score (nSPS) is 12.9. The summed E-state index contributed by atoms with van der Waals surface area (Å²) in [6, 6.07) is 2.23. The third kappa shape index (κ3) is 2.52. The van der Waals surface area contributed by atoms with Gasteiger partial charge in [-0.2, -0.15) is 5.10 Å². The van der Waals surface area contributed by atoms with Crippen LogP contribution in [0.4, 0.5) is 0 Å². The Morgan fingerprint density at radius 2 is 2.33 bits per heavy atom. The molecule has 0 bridgehead atoms. The van der Waals surface area contributed by atoms with Crippen molar-refractivity contribution >= 4 is 15.9 Å². The maximum absolute atomic E-state index is 5.15. The van der Waals surface area contributed by atoms with Gasteiger partial charge in [0.15, 0.2) is 0 Å². The van der Waals surface area contributed by atoms with Gasteiger partial charge in [0.05, 0.1) is 28.4 Å². The molecule has 4 nitrogen and oxygen atoms in total. The second-order valence-electron chi connectivity index (χ2n) is 4.29. The smallest absolute Gasteiger partial charge is 0.0950 e. The molecular formula is C13H18BrN3O. The van der Waals surface area contributed by atoms with Gasteiger partial charge >= 0.3 is 0 Å². The minimum atomic E-state index is 0.236. The summed E-state index contributed by atoms with van der Waals surface area (Å²) in [6.07, 6.45) is 5.30. The number of aryl methyl sites for hydroxylation is 2. The van der Waals surface area contributed by atoms with Gasteiger partial charge in [0.1, 0.15) is 0 Å². The summed E-state index contributed by atoms with van der Waals surface area (Å²) < 4.78 is 8.22. The second kappa shape index (κ2) is 5.71. The van der Waals surface area contributed by atoms with Crippen molar-refractivity contribution in [1.82, 2.24) is 15.1 Å². The van der Waals surface area contributed by atoms with Crippen molar-refractivity contribution in [1.29, 1.82) is 0 Å².